The van der Waals surface area contributed by atoms with Gasteiger partial charge in [-0.05, 0) is 29.8 Å². The van der Waals surface area contributed by atoms with Crippen molar-refractivity contribution in [1.29, 1.82) is 0 Å². The molecule has 0 unspecified atom stereocenters. The van der Waals surface area contributed by atoms with Crippen molar-refractivity contribution in [2.45, 2.75) is 0 Å². The van der Waals surface area contributed by atoms with Crippen molar-refractivity contribution < 1.29 is 4.39 Å². The van der Waals surface area contributed by atoms with Crippen molar-refractivity contribution in [1.82, 2.24) is 9.97 Å². The fraction of sp³-hybridized carbons (Fsp3) is 0. The number of rotatable bonds is 0. The fourth-order valence-corrected chi connectivity index (χ4v) is 1.28. The molecule has 0 aliphatic carbocycles. The lowest BCUT2D eigenvalue weighted by Crippen LogP contribution is -1.95. The lowest BCUT2D eigenvalue weighted by molar-refractivity contribution is 0.629. The molecule has 66 valence electrons. The van der Waals surface area contributed by atoms with Crippen LogP contribution in [-0.4, -0.2) is 9.97 Å². The van der Waals surface area contributed by atoms with Gasteiger partial charge in [-0.3, -0.25) is 0 Å². The molecule has 0 fully saturated rings. The highest BCUT2D eigenvalue weighted by molar-refractivity contribution is 6.28. The molecule has 13 heavy (non-hydrogen) atoms. The van der Waals surface area contributed by atoms with Crippen molar-refractivity contribution in [3.63, 3.8) is 0 Å². The van der Waals surface area contributed by atoms with E-state index < -0.39 is 0 Å². The van der Waals surface area contributed by atoms with Gasteiger partial charge in [0, 0.05) is 5.39 Å². The SMILES string of the molecule is Nc1nc(Cl)nc2ccc(F)cc12. The Morgan fingerprint density at radius 1 is 1.31 bits per heavy atom. The van der Waals surface area contributed by atoms with Crippen LogP contribution in [0.15, 0.2) is 18.2 Å². The zero-order valence-corrected chi connectivity index (χ0v) is 7.22. The second kappa shape index (κ2) is 2.81. The Morgan fingerprint density at radius 2 is 2.08 bits per heavy atom. The molecule has 3 nitrogen and oxygen atoms in total. The van der Waals surface area contributed by atoms with Crippen LogP contribution >= 0.6 is 11.6 Å². The second-order valence-electron chi connectivity index (χ2n) is 2.54. The number of nitrogens with two attached hydrogens (primary N) is 1. The molecule has 5 heteroatoms. The number of nitrogens with zero attached hydrogens (tertiary/aromatic N) is 2. The third-order valence-corrected chi connectivity index (χ3v) is 1.83. The van der Waals surface area contributed by atoms with Crippen molar-refractivity contribution >= 4 is 28.3 Å². The summed E-state index contributed by atoms with van der Waals surface area (Å²) >= 11 is 5.57. The molecule has 0 saturated heterocycles. The molecule has 1 aromatic heterocycles. The minimum atomic E-state index is -0.370. The van der Waals surface area contributed by atoms with Crippen molar-refractivity contribution in [2.75, 3.05) is 5.73 Å². The number of hydrogen-bond acceptors (Lipinski definition) is 3. The largest absolute Gasteiger partial charge is 0.383 e. The fourth-order valence-electron chi connectivity index (χ4n) is 1.09. The van der Waals surface area contributed by atoms with Crippen LogP contribution < -0.4 is 5.73 Å². The monoisotopic (exact) mass is 197 g/mol. The summed E-state index contributed by atoms with van der Waals surface area (Å²) in [6.07, 6.45) is 0. The molecule has 0 radical (unpaired) electrons. The van der Waals surface area contributed by atoms with Crippen LogP contribution in [0.3, 0.4) is 0 Å². The number of aromatic nitrogens is 2. The predicted octanol–water partition coefficient (Wildman–Crippen LogP) is 2.00. The maximum Gasteiger partial charge on any atom is 0.224 e. The molecule has 1 aromatic carbocycles. The van der Waals surface area contributed by atoms with Crippen LogP contribution in [0.2, 0.25) is 5.28 Å². The molecule has 0 bridgehead atoms. The Labute approximate surface area is 78.4 Å². The number of hydrogen-bond donors (Lipinski definition) is 1. The Balaban J connectivity index is 2.87. The van der Waals surface area contributed by atoms with Gasteiger partial charge >= 0.3 is 0 Å². The first kappa shape index (κ1) is 8.19. The molecule has 0 saturated carbocycles. The van der Waals surface area contributed by atoms with E-state index in [4.69, 9.17) is 17.3 Å². The normalized spacial score (nSPS) is 10.6. The van der Waals surface area contributed by atoms with Crippen LogP contribution in [0.5, 0.6) is 0 Å². The highest BCUT2D eigenvalue weighted by Crippen LogP contribution is 2.20. The van der Waals surface area contributed by atoms with Gasteiger partial charge in [-0.25, -0.2) is 14.4 Å². The molecule has 2 aromatic rings. The van der Waals surface area contributed by atoms with Gasteiger partial charge in [0.15, 0.2) is 0 Å². The van der Waals surface area contributed by atoms with Gasteiger partial charge in [-0.1, -0.05) is 0 Å². The van der Waals surface area contributed by atoms with Crippen molar-refractivity contribution in [2.24, 2.45) is 0 Å². The molecule has 0 aliphatic heterocycles. The predicted molar refractivity (Wildman–Crippen MR) is 48.9 cm³/mol. The van der Waals surface area contributed by atoms with E-state index in [1.807, 2.05) is 0 Å². The van der Waals surface area contributed by atoms with E-state index in [0.717, 1.165) is 0 Å². The second-order valence-corrected chi connectivity index (χ2v) is 2.88. The van der Waals surface area contributed by atoms with E-state index in [2.05, 4.69) is 9.97 Å². The lowest BCUT2D eigenvalue weighted by atomic mass is 10.2. The maximum absolute atomic E-state index is 12.8. The molecule has 1 heterocycles. The van der Waals surface area contributed by atoms with Gasteiger partial charge < -0.3 is 5.73 Å². The smallest absolute Gasteiger partial charge is 0.224 e. The number of anilines is 1. The zero-order chi connectivity index (χ0) is 9.42. The topological polar surface area (TPSA) is 51.8 Å². The molecule has 2 rings (SSSR count). The van der Waals surface area contributed by atoms with Crippen molar-refractivity contribution in [3.8, 4) is 0 Å². The molecule has 0 aliphatic rings. The first-order valence-corrected chi connectivity index (χ1v) is 3.93. The van der Waals surface area contributed by atoms with Crippen LogP contribution in [0, 0.1) is 5.82 Å². The summed E-state index contributed by atoms with van der Waals surface area (Å²) in [4.78, 5) is 7.59. The third-order valence-electron chi connectivity index (χ3n) is 1.66. The van der Waals surface area contributed by atoms with E-state index in [0.29, 0.717) is 10.9 Å². The molecular formula is C8H5ClFN3. The summed E-state index contributed by atoms with van der Waals surface area (Å²) in [6.45, 7) is 0. The minimum absolute atomic E-state index is 0.0663. The molecule has 0 atom stereocenters. The van der Waals surface area contributed by atoms with E-state index in [1.54, 1.807) is 0 Å². The third kappa shape index (κ3) is 1.40. The first-order chi connectivity index (χ1) is 6.16. The summed E-state index contributed by atoms with van der Waals surface area (Å²) in [5.41, 5.74) is 6.06. The molecule has 0 amide bonds. The number of fused-ring (bicyclic) bond motifs is 1. The Hall–Kier alpha value is -1.42. The summed E-state index contributed by atoms with van der Waals surface area (Å²) in [7, 11) is 0. The summed E-state index contributed by atoms with van der Waals surface area (Å²) in [5, 5.41) is 0.543. The Bertz CT molecular complexity index is 472. The maximum atomic E-state index is 12.8. The zero-order valence-electron chi connectivity index (χ0n) is 6.46. The average molecular weight is 198 g/mol. The summed E-state index contributed by atoms with van der Waals surface area (Å²) in [5.74, 6) is -0.181. The van der Waals surface area contributed by atoms with E-state index in [1.165, 1.54) is 18.2 Å². The van der Waals surface area contributed by atoms with Crippen LogP contribution in [-0.2, 0) is 0 Å². The van der Waals surface area contributed by atoms with Gasteiger partial charge in [0.25, 0.3) is 0 Å². The van der Waals surface area contributed by atoms with Crippen LogP contribution in [0.25, 0.3) is 10.9 Å². The number of benzene rings is 1. The first-order valence-electron chi connectivity index (χ1n) is 3.55. The van der Waals surface area contributed by atoms with E-state index in [-0.39, 0.29) is 16.9 Å². The molecule has 0 spiro atoms. The standard InChI is InChI=1S/C8H5ClFN3/c9-8-12-6-2-1-4(10)3-5(6)7(11)13-8/h1-3H,(H2,11,12,13). The highest BCUT2D eigenvalue weighted by atomic mass is 35.5. The quantitative estimate of drug-likeness (QED) is 0.658. The van der Waals surface area contributed by atoms with Crippen molar-refractivity contribution in [3.05, 3.63) is 29.3 Å². The Kier molecular flexibility index (Phi) is 1.77. The van der Waals surface area contributed by atoms with Crippen LogP contribution in [0.4, 0.5) is 10.2 Å². The summed E-state index contributed by atoms with van der Waals surface area (Å²) < 4.78 is 12.8. The lowest BCUT2D eigenvalue weighted by Gasteiger charge is -2.00. The number of halogens is 2. The van der Waals surface area contributed by atoms with Crippen LogP contribution in [0.1, 0.15) is 0 Å². The molecule has 2 N–H and O–H groups in total. The van der Waals surface area contributed by atoms with Gasteiger partial charge in [0.1, 0.15) is 11.6 Å². The van der Waals surface area contributed by atoms with Gasteiger partial charge in [-0.15, -0.1) is 0 Å². The van der Waals surface area contributed by atoms with Gasteiger partial charge in [0.05, 0.1) is 5.52 Å². The number of nitrogen functional groups attached to an aromatic ring is 1. The van der Waals surface area contributed by atoms with E-state index in [9.17, 15) is 4.39 Å². The van der Waals surface area contributed by atoms with E-state index >= 15 is 0 Å². The Morgan fingerprint density at radius 3 is 2.85 bits per heavy atom. The highest BCUT2D eigenvalue weighted by Gasteiger charge is 2.03. The summed E-state index contributed by atoms with van der Waals surface area (Å²) in [6, 6.07) is 4.08. The van der Waals surface area contributed by atoms with Gasteiger partial charge in [-0.2, -0.15) is 0 Å². The average Bonchev–Trinajstić information content (AvgIpc) is 2.06. The minimum Gasteiger partial charge on any atom is -0.383 e. The van der Waals surface area contributed by atoms with Gasteiger partial charge in [0.2, 0.25) is 5.28 Å². The molecular weight excluding hydrogens is 193 g/mol.